The molecule has 1 aliphatic rings. The molecule has 1 aromatic carbocycles. The van der Waals surface area contributed by atoms with Gasteiger partial charge in [-0.2, -0.15) is 5.10 Å². The molecule has 0 atom stereocenters. The van der Waals surface area contributed by atoms with Crippen molar-refractivity contribution in [3.05, 3.63) is 46.5 Å². The van der Waals surface area contributed by atoms with Crippen molar-refractivity contribution in [2.75, 3.05) is 6.54 Å². The Hall–Kier alpha value is -2.15. The molecule has 2 aromatic rings. The molecule has 1 heterocycles. The highest BCUT2D eigenvalue weighted by atomic mass is 32.1. The molecule has 1 fully saturated rings. The lowest BCUT2D eigenvalue weighted by atomic mass is 10.2. The minimum Gasteiger partial charge on any atom is -0.445 e. The number of aromatic nitrogens is 3. The summed E-state index contributed by atoms with van der Waals surface area (Å²) in [5, 5.41) is 9.80. The average molecular weight is 318 g/mol. The van der Waals surface area contributed by atoms with Gasteiger partial charge in [0.25, 0.3) is 0 Å². The molecular formula is C15H18N4O2S. The fourth-order valence-corrected chi connectivity index (χ4v) is 2.47. The molecule has 1 amide bonds. The van der Waals surface area contributed by atoms with E-state index in [-0.39, 0.29) is 6.61 Å². The van der Waals surface area contributed by atoms with Crippen LogP contribution in [0.2, 0.25) is 0 Å². The van der Waals surface area contributed by atoms with E-state index in [1.807, 2.05) is 34.9 Å². The van der Waals surface area contributed by atoms with E-state index < -0.39 is 6.09 Å². The number of amides is 1. The van der Waals surface area contributed by atoms with Gasteiger partial charge >= 0.3 is 6.09 Å². The van der Waals surface area contributed by atoms with Gasteiger partial charge in [-0.3, -0.25) is 5.10 Å². The SMILES string of the molecule is O=C(NCCn1c(C2CC2)n[nH]c1=S)OCc1ccccc1. The second-order valence-corrected chi connectivity index (χ2v) is 5.69. The van der Waals surface area contributed by atoms with Crippen molar-refractivity contribution in [2.45, 2.75) is 31.9 Å². The van der Waals surface area contributed by atoms with Crippen molar-refractivity contribution >= 4 is 18.3 Å². The van der Waals surface area contributed by atoms with Gasteiger partial charge in [-0.05, 0) is 30.6 Å². The fraction of sp³-hybridized carbons (Fsp3) is 0.400. The van der Waals surface area contributed by atoms with Crippen molar-refractivity contribution in [3.8, 4) is 0 Å². The van der Waals surface area contributed by atoms with Gasteiger partial charge in [0.1, 0.15) is 12.4 Å². The first-order chi connectivity index (χ1) is 10.7. The molecule has 1 aliphatic carbocycles. The molecule has 0 saturated heterocycles. The highest BCUT2D eigenvalue weighted by Crippen LogP contribution is 2.38. The van der Waals surface area contributed by atoms with Crippen molar-refractivity contribution in [3.63, 3.8) is 0 Å². The van der Waals surface area contributed by atoms with Gasteiger partial charge in [0, 0.05) is 19.0 Å². The third-order valence-electron chi connectivity index (χ3n) is 3.55. The molecule has 6 nitrogen and oxygen atoms in total. The smallest absolute Gasteiger partial charge is 0.407 e. The van der Waals surface area contributed by atoms with Gasteiger partial charge in [0.05, 0.1) is 0 Å². The summed E-state index contributed by atoms with van der Waals surface area (Å²) in [5.41, 5.74) is 0.964. The fourth-order valence-electron chi connectivity index (χ4n) is 2.24. The summed E-state index contributed by atoms with van der Waals surface area (Å²) < 4.78 is 7.71. The highest BCUT2D eigenvalue weighted by molar-refractivity contribution is 7.71. The molecule has 1 aromatic heterocycles. The minimum atomic E-state index is -0.424. The minimum absolute atomic E-state index is 0.269. The molecular weight excluding hydrogens is 300 g/mol. The highest BCUT2D eigenvalue weighted by Gasteiger charge is 2.28. The number of nitrogens with zero attached hydrogens (tertiary/aromatic N) is 2. The Balaban J connectivity index is 1.44. The zero-order chi connectivity index (χ0) is 15.4. The summed E-state index contributed by atoms with van der Waals surface area (Å²) in [5.74, 6) is 1.50. The predicted molar refractivity (Wildman–Crippen MR) is 84.0 cm³/mol. The maximum absolute atomic E-state index is 11.7. The van der Waals surface area contributed by atoms with Gasteiger partial charge in [-0.25, -0.2) is 4.79 Å². The number of aromatic amines is 1. The summed E-state index contributed by atoms with van der Waals surface area (Å²) in [4.78, 5) is 11.7. The monoisotopic (exact) mass is 318 g/mol. The van der Waals surface area contributed by atoms with Crippen LogP contribution in [0.5, 0.6) is 0 Å². The van der Waals surface area contributed by atoms with E-state index in [0.29, 0.717) is 23.8 Å². The Morgan fingerprint density at radius 1 is 1.41 bits per heavy atom. The number of rotatable bonds is 6. The zero-order valence-electron chi connectivity index (χ0n) is 12.1. The molecule has 0 aliphatic heterocycles. The molecule has 22 heavy (non-hydrogen) atoms. The van der Waals surface area contributed by atoms with Gasteiger partial charge in [-0.15, -0.1) is 0 Å². The number of benzene rings is 1. The molecule has 116 valence electrons. The van der Waals surface area contributed by atoms with Gasteiger partial charge in [-0.1, -0.05) is 30.3 Å². The van der Waals surface area contributed by atoms with Crippen LogP contribution in [0.15, 0.2) is 30.3 Å². The zero-order valence-corrected chi connectivity index (χ0v) is 12.9. The number of carbonyl (C=O) groups is 1. The second-order valence-electron chi connectivity index (χ2n) is 5.30. The van der Waals surface area contributed by atoms with E-state index in [4.69, 9.17) is 17.0 Å². The summed E-state index contributed by atoms with van der Waals surface area (Å²) in [6.45, 7) is 1.33. The van der Waals surface area contributed by atoms with E-state index in [0.717, 1.165) is 24.2 Å². The van der Waals surface area contributed by atoms with Crippen LogP contribution in [0.1, 0.15) is 30.1 Å². The maximum atomic E-state index is 11.7. The second kappa shape index (κ2) is 6.74. The van der Waals surface area contributed by atoms with E-state index in [1.54, 1.807) is 0 Å². The van der Waals surface area contributed by atoms with Gasteiger partial charge in [0.15, 0.2) is 4.77 Å². The Kier molecular flexibility index (Phi) is 4.53. The van der Waals surface area contributed by atoms with Crippen molar-refractivity contribution in [1.82, 2.24) is 20.1 Å². The lowest BCUT2D eigenvalue weighted by molar-refractivity contribution is 0.139. The standard InChI is InChI=1S/C15H18N4O2S/c20-15(21-10-11-4-2-1-3-5-11)16-8-9-19-13(12-6-7-12)17-18-14(19)22/h1-5,12H,6-10H2,(H,16,20)(H,18,22). The quantitative estimate of drug-likeness (QED) is 0.803. The number of hydrogen-bond donors (Lipinski definition) is 2. The Bertz CT molecular complexity index is 691. The van der Waals surface area contributed by atoms with E-state index in [1.165, 1.54) is 0 Å². The number of alkyl carbamates (subject to hydrolysis) is 1. The van der Waals surface area contributed by atoms with Crippen LogP contribution in [-0.2, 0) is 17.9 Å². The van der Waals surface area contributed by atoms with Crippen LogP contribution in [0.4, 0.5) is 4.79 Å². The third kappa shape index (κ3) is 3.73. The number of nitrogens with one attached hydrogen (secondary N) is 2. The van der Waals surface area contributed by atoms with Crippen molar-refractivity contribution in [2.24, 2.45) is 0 Å². The lowest BCUT2D eigenvalue weighted by Gasteiger charge is -2.09. The first-order valence-electron chi connectivity index (χ1n) is 7.33. The van der Waals surface area contributed by atoms with Crippen LogP contribution in [0.25, 0.3) is 0 Å². The largest absolute Gasteiger partial charge is 0.445 e. The molecule has 0 spiro atoms. The summed E-state index contributed by atoms with van der Waals surface area (Å²) in [7, 11) is 0. The molecule has 0 radical (unpaired) electrons. The number of ether oxygens (including phenoxy) is 1. The van der Waals surface area contributed by atoms with Crippen LogP contribution in [-0.4, -0.2) is 27.4 Å². The molecule has 0 bridgehead atoms. The molecule has 0 unspecified atom stereocenters. The summed E-state index contributed by atoms with van der Waals surface area (Å²) >= 11 is 5.21. The molecule has 2 N–H and O–H groups in total. The molecule has 3 rings (SSSR count). The number of hydrogen-bond acceptors (Lipinski definition) is 4. The van der Waals surface area contributed by atoms with Gasteiger partial charge < -0.3 is 14.6 Å². The van der Waals surface area contributed by atoms with Crippen LogP contribution >= 0.6 is 12.2 Å². The average Bonchev–Trinajstić information content (AvgIpc) is 3.31. The van der Waals surface area contributed by atoms with Gasteiger partial charge in [0.2, 0.25) is 0 Å². The predicted octanol–water partition coefficient (Wildman–Crippen LogP) is 2.74. The third-order valence-corrected chi connectivity index (χ3v) is 3.86. The topological polar surface area (TPSA) is 71.9 Å². The van der Waals surface area contributed by atoms with Crippen LogP contribution in [0, 0.1) is 4.77 Å². The number of H-pyrrole nitrogens is 1. The first kappa shape index (κ1) is 14.8. The summed E-state index contributed by atoms with van der Waals surface area (Å²) in [6, 6.07) is 9.59. The number of carbonyl (C=O) groups excluding carboxylic acids is 1. The Labute approximate surface area is 133 Å². The first-order valence-corrected chi connectivity index (χ1v) is 7.74. The lowest BCUT2D eigenvalue weighted by Crippen LogP contribution is -2.28. The van der Waals surface area contributed by atoms with E-state index in [2.05, 4.69) is 15.5 Å². The van der Waals surface area contributed by atoms with Crippen molar-refractivity contribution in [1.29, 1.82) is 0 Å². The van der Waals surface area contributed by atoms with E-state index >= 15 is 0 Å². The Morgan fingerprint density at radius 3 is 2.91 bits per heavy atom. The summed E-state index contributed by atoms with van der Waals surface area (Å²) in [6.07, 6.45) is 1.89. The van der Waals surface area contributed by atoms with Crippen molar-refractivity contribution < 1.29 is 9.53 Å². The molecule has 7 heteroatoms. The van der Waals surface area contributed by atoms with E-state index in [9.17, 15) is 4.79 Å². The maximum Gasteiger partial charge on any atom is 0.407 e. The van der Waals surface area contributed by atoms with Crippen LogP contribution < -0.4 is 5.32 Å². The normalized spacial score (nSPS) is 13.8. The Morgan fingerprint density at radius 2 is 2.18 bits per heavy atom. The van der Waals surface area contributed by atoms with Crippen LogP contribution in [0.3, 0.4) is 0 Å². The molecule has 1 saturated carbocycles.